The molecule has 1 aliphatic heterocycles. The van der Waals surface area contributed by atoms with Crippen LogP contribution >= 0.6 is 0 Å². The minimum Gasteiger partial charge on any atom is -0.390 e. The van der Waals surface area contributed by atoms with E-state index < -0.39 is 12.2 Å². The lowest BCUT2D eigenvalue weighted by Crippen LogP contribution is -2.67. The highest BCUT2D eigenvalue weighted by molar-refractivity contribution is 5.80. The van der Waals surface area contributed by atoms with E-state index in [0.29, 0.717) is 23.7 Å². The molecule has 4 nitrogen and oxygen atoms in total. The SMILES string of the molecule is CC12CCC(O)C(O)C1CCC1C2CCC2(C)C1C1CC1CN2C(=O)C1CCCCC1. The van der Waals surface area contributed by atoms with Crippen LogP contribution in [0.2, 0.25) is 0 Å². The number of likely N-dealkylation sites (tertiary alicyclic amines) is 1. The third-order valence-corrected chi connectivity index (χ3v) is 11.6. The van der Waals surface area contributed by atoms with Gasteiger partial charge in [0.25, 0.3) is 0 Å². The zero-order chi connectivity index (χ0) is 21.5. The summed E-state index contributed by atoms with van der Waals surface area (Å²) in [6, 6.07) is 0. The Morgan fingerprint density at radius 3 is 2.42 bits per heavy atom. The van der Waals surface area contributed by atoms with Crippen molar-refractivity contribution in [1.82, 2.24) is 4.90 Å². The maximum absolute atomic E-state index is 13.8. The monoisotopic (exact) mass is 429 g/mol. The molecule has 0 aromatic rings. The predicted octanol–water partition coefficient (Wildman–Crippen LogP) is 4.38. The van der Waals surface area contributed by atoms with Crippen molar-refractivity contribution in [1.29, 1.82) is 0 Å². The minimum atomic E-state index is -0.544. The highest BCUT2D eigenvalue weighted by Gasteiger charge is 2.67. The molecule has 5 aliphatic carbocycles. The molecule has 10 unspecified atom stereocenters. The molecule has 1 amide bonds. The molecule has 10 atom stereocenters. The van der Waals surface area contributed by atoms with Crippen LogP contribution in [0.4, 0.5) is 0 Å². The van der Waals surface area contributed by atoms with Crippen molar-refractivity contribution in [3.05, 3.63) is 0 Å². The van der Waals surface area contributed by atoms with Gasteiger partial charge in [0.15, 0.2) is 0 Å². The molecule has 174 valence electrons. The molecule has 0 bridgehead atoms. The number of hydrogen-bond acceptors (Lipinski definition) is 3. The highest BCUT2D eigenvalue weighted by atomic mass is 16.3. The second-order valence-corrected chi connectivity index (χ2v) is 12.9. The standard InChI is InChI=1S/C27H43NO3/c1-26-12-11-22(29)24(30)21(26)9-8-18-20(26)10-13-27(2)23(18)19-14-17(19)15-28(27)25(31)16-6-4-3-5-7-16/h16-24,29-30H,3-15H2,1-2H3. The largest absolute Gasteiger partial charge is 0.390 e. The van der Waals surface area contributed by atoms with Crippen molar-refractivity contribution < 1.29 is 15.0 Å². The molecule has 0 aromatic carbocycles. The van der Waals surface area contributed by atoms with Crippen LogP contribution in [0.3, 0.4) is 0 Å². The highest BCUT2D eigenvalue weighted by Crippen LogP contribution is 2.68. The van der Waals surface area contributed by atoms with Crippen molar-refractivity contribution in [2.75, 3.05) is 6.54 Å². The minimum absolute atomic E-state index is 0.0450. The molecule has 2 N–H and O–H groups in total. The van der Waals surface area contributed by atoms with Crippen molar-refractivity contribution in [2.45, 2.75) is 109 Å². The van der Waals surface area contributed by atoms with Crippen LogP contribution in [0.5, 0.6) is 0 Å². The van der Waals surface area contributed by atoms with Gasteiger partial charge in [0.2, 0.25) is 5.91 Å². The Kier molecular flexibility index (Phi) is 4.86. The maximum Gasteiger partial charge on any atom is 0.226 e. The lowest BCUT2D eigenvalue weighted by atomic mass is 9.44. The molecule has 0 aromatic heterocycles. The normalized spacial score (nSPS) is 54.3. The fourth-order valence-electron chi connectivity index (χ4n) is 9.91. The van der Waals surface area contributed by atoms with Gasteiger partial charge in [0.05, 0.1) is 12.2 Å². The van der Waals surface area contributed by atoms with Gasteiger partial charge < -0.3 is 15.1 Å². The van der Waals surface area contributed by atoms with Gasteiger partial charge in [0.1, 0.15) is 0 Å². The van der Waals surface area contributed by atoms with Crippen LogP contribution in [0.25, 0.3) is 0 Å². The molecule has 5 saturated carbocycles. The van der Waals surface area contributed by atoms with E-state index in [1.807, 2.05) is 0 Å². The van der Waals surface area contributed by atoms with Crippen LogP contribution in [0, 0.1) is 46.8 Å². The maximum atomic E-state index is 13.8. The summed E-state index contributed by atoms with van der Waals surface area (Å²) in [7, 11) is 0. The molecule has 0 spiro atoms. The van der Waals surface area contributed by atoms with E-state index in [1.54, 1.807) is 0 Å². The fraction of sp³-hybridized carbons (Fsp3) is 0.963. The van der Waals surface area contributed by atoms with Gasteiger partial charge in [-0.25, -0.2) is 0 Å². The molecule has 4 heteroatoms. The summed E-state index contributed by atoms with van der Waals surface area (Å²) in [4.78, 5) is 16.2. The fourth-order valence-corrected chi connectivity index (χ4v) is 9.91. The molecule has 6 aliphatic rings. The van der Waals surface area contributed by atoms with Crippen LogP contribution < -0.4 is 0 Å². The van der Waals surface area contributed by atoms with Crippen molar-refractivity contribution in [3.63, 3.8) is 0 Å². The molecule has 1 saturated heterocycles. The Balaban J connectivity index is 1.29. The Bertz CT molecular complexity index is 734. The van der Waals surface area contributed by atoms with Gasteiger partial charge in [-0.1, -0.05) is 26.2 Å². The number of amides is 1. The van der Waals surface area contributed by atoms with E-state index in [4.69, 9.17) is 0 Å². The molecule has 31 heavy (non-hydrogen) atoms. The summed E-state index contributed by atoms with van der Waals surface area (Å²) in [5.74, 6) is 4.59. The summed E-state index contributed by atoms with van der Waals surface area (Å²) in [6.07, 6.45) is 12.6. The number of carbonyl (C=O) groups is 1. The summed E-state index contributed by atoms with van der Waals surface area (Å²) >= 11 is 0. The van der Waals surface area contributed by atoms with Gasteiger partial charge >= 0.3 is 0 Å². The number of piperidine rings is 1. The second-order valence-electron chi connectivity index (χ2n) is 12.9. The summed E-state index contributed by atoms with van der Waals surface area (Å²) in [5.41, 5.74) is 0.201. The Morgan fingerprint density at radius 1 is 0.871 bits per heavy atom. The average Bonchev–Trinajstić information content (AvgIpc) is 3.54. The van der Waals surface area contributed by atoms with E-state index in [0.717, 1.165) is 56.9 Å². The third kappa shape index (κ3) is 2.95. The summed E-state index contributed by atoms with van der Waals surface area (Å²) in [6.45, 7) is 5.91. The zero-order valence-corrected chi connectivity index (χ0v) is 19.6. The Morgan fingerprint density at radius 2 is 1.65 bits per heavy atom. The van der Waals surface area contributed by atoms with Gasteiger partial charge in [-0.05, 0) is 106 Å². The molecular weight excluding hydrogens is 386 g/mol. The van der Waals surface area contributed by atoms with Gasteiger partial charge in [0, 0.05) is 18.0 Å². The van der Waals surface area contributed by atoms with E-state index in [-0.39, 0.29) is 22.8 Å². The first-order valence-corrected chi connectivity index (χ1v) is 13.5. The lowest BCUT2D eigenvalue weighted by Gasteiger charge is -2.65. The number of aliphatic hydroxyl groups excluding tert-OH is 2. The van der Waals surface area contributed by atoms with Crippen LogP contribution in [0.1, 0.15) is 90.9 Å². The summed E-state index contributed by atoms with van der Waals surface area (Å²) in [5, 5.41) is 21.2. The van der Waals surface area contributed by atoms with E-state index >= 15 is 0 Å². The zero-order valence-electron chi connectivity index (χ0n) is 19.6. The van der Waals surface area contributed by atoms with E-state index in [1.165, 1.54) is 38.5 Å². The number of hydrogen-bond donors (Lipinski definition) is 2. The average molecular weight is 430 g/mol. The molecular formula is C27H43NO3. The van der Waals surface area contributed by atoms with Crippen molar-refractivity contribution in [3.8, 4) is 0 Å². The first-order valence-electron chi connectivity index (χ1n) is 13.5. The number of carbonyl (C=O) groups excluding carboxylic acids is 1. The molecule has 6 fully saturated rings. The second kappa shape index (κ2) is 7.19. The van der Waals surface area contributed by atoms with E-state index in [2.05, 4.69) is 18.7 Å². The van der Waals surface area contributed by atoms with Gasteiger partial charge in [-0.2, -0.15) is 0 Å². The first-order chi connectivity index (χ1) is 14.8. The topological polar surface area (TPSA) is 60.8 Å². The van der Waals surface area contributed by atoms with Crippen molar-refractivity contribution >= 4 is 5.91 Å². The van der Waals surface area contributed by atoms with Crippen LogP contribution in [0.15, 0.2) is 0 Å². The number of rotatable bonds is 1. The van der Waals surface area contributed by atoms with Crippen LogP contribution in [-0.4, -0.2) is 45.3 Å². The molecule has 1 heterocycles. The smallest absolute Gasteiger partial charge is 0.226 e. The lowest BCUT2D eigenvalue weighted by molar-refractivity contribution is -0.191. The quantitative estimate of drug-likeness (QED) is 0.650. The Labute approximate surface area is 188 Å². The number of nitrogens with zero attached hydrogens (tertiary/aromatic N) is 1. The number of fused-ring (bicyclic) bond motifs is 7. The third-order valence-electron chi connectivity index (χ3n) is 11.6. The van der Waals surface area contributed by atoms with Crippen LogP contribution in [-0.2, 0) is 4.79 Å². The first kappa shape index (κ1) is 21.0. The Hall–Kier alpha value is -0.610. The molecule has 0 radical (unpaired) electrons. The predicted molar refractivity (Wildman–Crippen MR) is 120 cm³/mol. The van der Waals surface area contributed by atoms with Crippen molar-refractivity contribution in [2.24, 2.45) is 46.8 Å². The molecule has 6 rings (SSSR count). The van der Waals surface area contributed by atoms with E-state index in [9.17, 15) is 15.0 Å². The summed E-state index contributed by atoms with van der Waals surface area (Å²) < 4.78 is 0. The van der Waals surface area contributed by atoms with Gasteiger partial charge in [-0.3, -0.25) is 4.79 Å². The number of aliphatic hydroxyl groups is 2. The van der Waals surface area contributed by atoms with Gasteiger partial charge in [-0.15, -0.1) is 0 Å².